The second kappa shape index (κ2) is 6.09. The largest absolute Gasteiger partial charge is 0.333 e. The number of para-hydroxylation sites is 2. The highest BCUT2D eigenvalue weighted by molar-refractivity contribution is 7.99. The monoisotopic (exact) mass is 274 g/mol. The number of nitrogens with one attached hydrogen (secondary N) is 2. The van der Waals surface area contributed by atoms with Crippen molar-refractivity contribution >= 4 is 22.8 Å². The Morgan fingerprint density at radius 1 is 1.47 bits per heavy atom. The van der Waals surface area contributed by atoms with Gasteiger partial charge in [-0.25, -0.2) is 4.98 Å². The van der Waals surface area contributed by atoms with E-state index in [1.807, 2.05) is 31.2 Å². The molecule has 0 aliphatic heterocycles. The van der Waals surface area contributed by atoms with Crippen LogP contribution in [0.2, 0.25) is 0 Å². The van der Waals surface area contributed by atoms with E-state index >= 15 is 0 Å². The van der Waals surface area contributed by atoms with Gasteiger partial charge in [-0.05, 0) is 32.0 Å². The molecular formula is C14H18N4S. The molecule has 2 aromatic rings. The summed E-state index contributed by atoms with van der Waals surface area (Å²) in [5.41, 5.74) is 1.48. The Bertz CT molecular complexity index is 553. The van der Waals surface area contributed by atoms with Gasteiger partial charge in [0.1, 0.15) is 5.54 Å². The lowest BCUT2D eigenvalue weighted by Crippen LogP contribution is -2.43. The van der Waals surface area contributed by atoms with Gasteiger partial charge in [0, 0.05) is 5.75 Å². The predicted octanol–water partition coefficient (Wildman–Crippen LogP) is 2.94. The zero-order valence-corrected chi connectivity index (χ0v) is 12.0. The first-order valence-electron chi connectivity index (χ1n) is 6.41. The van der Waals surface area contributed by atoms with Crippen molar-refractivity contribution in [1.82, 2.24) is 15.3 Å². The molecule has 0 saturated carbocycles. The Labute approximate surface area is 117 Å². The van der Waals surface area contributed by atoms with Crippen LogP contribution in [0, 0.1) is 11.3 Å². The van der Waals surface area contributed by atoms with Gasteiger partial charge in [-0.1, -0.05) is 30.8 Å². The number of fused-ring (bicyclic) bond motifs is 1. The first-order chi connectivity index (χ1) is 9.17. The fourth-order valence-corrected chi connectivity index (χ4v) is 2.67. The van der Waals surface area contributed by atoms with Crippen LogP contribution in [0.1, 0.15) is 20.3 Å². The highest BCUT2D eigenvalue weighted by atomic mass is 32.2. The summed E-state index contributed by atoms with van der Waals surface area (Å²) in [6.45, 7) is 4.88. The van der Waals surface area contributed by atoms with Crippen LogP contribution in [0.3, 0.4) is 0 Å². The number of nitriles is 1. The number of rotatable bonds is 6. The van der Waals surface area contributed by atoms with Gasteiger partial charge >= 0.3 is 0 Å². The smallest absolute Gasteiger partial charge is 0.166 e. The topological polar surface area (TPSA) is 64.5 Å². The molecule has 0 saturated heterocycles. The molecule has 0 aliphatic carbocycles. The van der Waals surface area contributed by atoms with E-state index < -0.39 is 5.54 Å². The lowest BCUT2D eigenvalue weighted by atomic mass is 10.1. The number of aromatic amines is 1. The zero-order chi connectivity index (χ0) is 13.7. The summed E-state index contributed by atoms with van der Waals surface area (Å²) in [6.07, 6.45) is 1.02. The van der Waals surface area contributed by atoms with Crippen molar-refractivity contribution in [2.45, 2.75) is 31.0 Å². The molecule has 2 N–H and O–H groups in total. The molecule has 0 bridgehead atoms. The maximum atomic E-state index is 9.27. The number of thioether (sulfide) groups is 1. The van der Waals surface area contributed by atoms with Gasteiger partial charge < -0.3 is 4.98 Å². The van der Waals surface area contributed by atoms with E-state index in [-0.39, 0.29) is 0 Å². The molecule has 1 atom stereocenters. The van der Waals surface area contributed by atoms with Crippen LogP contribution in [0.4, 0.5) is 0 Å². The number of H-pyrrole nitrogens is 1. The molecule has 4 nitrogen and oxygen atoms in total. The molecule has 2 rings (SSSR count). The third kappa shape index (κ3) is 3.49. The van der Waals surface area contributed by atoms with Gasteiger partial charge in [0.15, 0.2) is 5.16 Å². The van der Waals surface area contributed by atoms with Crippen LogP contribution in [0.15, 0.2) is 29.4 Å². The third-order valence-corrected chi connectivity index (χ3v) is 4.07. The summed E-state index contributed by atoms with van der Waals surface area (Å²) in [4.78, 5) is 7.76. The van der Waals surface area contributed by atoms with E-state index in [2.05, 4.69) is 28.3 Å². The lowest BCUT2D eigenvalue weighted by molar-refractivity contribution is 0.493. The van der Waals surface area contributed by atoms with Crippen LogP contribution in [-0.4, -0.2) is 27.8 Å². The van der Waals surface area contributed by atoms with Crippen LogP contribution in [0.25, 0.3) is 11.0 Å². The van der Waals surface area contributed by atoms with Crippen molar-refractivity contribution < 1.29 is 0 Å². The number of aromatic nitrogens is 2. The molecule has 1 aromatic heterocycles. The third-order valence-electron chi connectivity index (χ3n) is 2.88. The minimum absolute atomic E-state index is 0.514. The van der Waals surface area contributed by atoms with Crippen LogP contribution in [0.5, 0.6) is 0 Å². The van der Waals surface area contributed by atoms with Gasteiger partial charge in [0.05, 0.1) is 17.1 Å². The van der Waals surface area contributed by atoms with Gasteiger partial charge in [-0.15, -0.1) is 0 Å². The lowest BCUT2D eigenvalue weighted by Gasteiger charge is -2.21. The quantitative estimate of drug-likeness (QED) is 0.795. The van der Waals surface area contributed by atoms with Gasteiger partial charge in [-0.3, -0.25) is 5.32 Å². The number of hydrogen-bond acceptors (Lipinski definition) is 4. The fourth-order valence-electron chi connectivity index (χ4n) is 1.73. The average molecular weight is 274 g/mol. The highest BCUT2D eigenvalue weighted by Gasteiger charge is 2.23. The second-order valence-corrected chi connectivity index (χ2v) is 5.68. The number of nitrogens with zero attached hydrogens (tertiary/aromatic N) is 2. The molecule has 5 heteroatoms. The molecule has 1 unspecified atom stereocenters. The number of hydrogen-bond donors (Lipinski definition) is 2. The summed E-state index contributed by atoms with van der Waals surface area (Å²) in [6, 6.07) is 10.3. The van der Waals surface area contributed by atoms with Crippen molar-refractivity contribution in [2.75, 3.05) is 12.3 Å². The van der Waals surface area contributed by atoms with Crippen LogP contribution in [-0.2, 0) is 0 Å². The standard InChI is InChI=1S/C14H18N4S/c1-3-8-16-14(2,9-15)10-19-13-17-11-6-4-5-7-12(11)18-13/h4-7,16H,3,8,10H2,1-2H3,(H,17,18). The molecule has 19 heavy (non-hydrogen) atoms. The summed E-state index contributed by atoms with van der Waals surface area (Å²) in [5.74, 6) is 0.670. The molecule has 1 heterocycles. The zero-order valence-electron chi connectivity index (χ0n) is 11.2. The Morgan fingerprint density at radius 3 is 2.95 bits per heavy atom. The first-order valence-corrected chi connectivity index (χ1v) is 7.39. The minimum atomic E-state index is -0.514. The summed E-state index contributed by atoms with van der Waals surface area (Å²) in [7, 11) is 0. The van der Waals surface area contributed by atoms with E-state index in [0.717, 1.165) is 29.2 Å². The van der Waals surface area contributed by atoms with Crippen molar-refractivity contribution in [3.05, 3.63) is 24.3 Å². The summed E-state index contributed by atoms with van der Waals surface area (Å²) < 4.78 is 0. The fraction of sp³-hybridized carbons (Fsp3) is 0.429. The Kier molecular flexibility index (Phi) is 4.46. The Balaban J connectivity index is 2.03. The molecule has 0 amide bonds. The highest BCUT2D eigenvalue weighted by Crippen LogP contribution is 2.22. The maximum Gasteiger partial charge on any atom is 0.166 e. The van der Waals surface area contributed by atoms with Crippen molar-refractivity contribution in [1.29, 1.82) is 5.26 Å². The minimum Gasteiger partial charge on any atom is -0.333 e. The predicted molar refractivity (Wildman–Crippen MR) is 79.1 cm³/mol. The van der Waals surface area contributed by atoms with E-state index in [9.17, 15) is 5.26 Å². The molecule has 1 aromatic carbocycles. The summed E-state index contributed by atoms with van der Waals surface area (Å²) >= 11 is 1.58. The SMILES string of the molecule is CCCNC(C)(C#N)CSc1nc2ccccc2[nH]1. The normalized spacial score (nSPS) is 14.2. The summed E-state index contributed by atoms with van der Waals surface area (Å²) in [5, 5.41) is 13.4. The molecule has 100 valence electrons. The van der Waals surface area contributed by atoms with Crippen LogP contribution < -0.4 is 5.32 Å². The molecule has 0 radical (unpaired) electrons. The van der Waals surface area contributed by atoms with Crippen molar-refractivity contribution in [3.8, 4) is 6.07 Å². The molecule has 0 aliphatic rings. The Morgan fingerprint density at radius 2 is 2.26 bits per heavy atom. The van der Waals surface area contributed by atoms with Crippen molar-refractivity contribution in [3.63, 3.8) is 0 Å². The van der Waals surface area contributed by atoms with E-state index in [4.69, 9.17) is 0 Å². The van der Waals surface area contributed by atoms with Crippen molar-refractivity contribution in [2.24, 2.45) is 0 Å². The average Bonchev–Trinajstić information content (AvgIpc) is 2.86. The molecule has 0 fully saturated rings. The van der Waals surface area contributed by atoms with Crippen LogP contribution >= 0.6 is 11.8 Å². The van der Waals surface area contributed by atoms with Gasteiger partial charge in [-0.2, -0.15) is 5.26 Å². The molecule has 0 spiro atoms. The Hall–Kier alpha value is -1.51. The van der Waals surface area contributed by atoms with E-state index in [1.165, 1.54) is 0 Å². The van der Waals surface area contributed by atoms with E-state index in [0.29, 0.717) is 5.75 Å². The van der Waals surface area contributed by atoms with Gasteiger partial charge in [0.2, 0.25) is 0 Å². The number of benzene rings is 1. The maximum absolute atomic E-state index is 9.27. The van der Waals surface area contributed by atoms with E-state index in [1.54, 1.807) is 11.8 Å². The second-order valence-electron chi connectivity index (χ2n) is 4.72. The van der Waals surface area contributed by atoms with Gasteiger partial charge in [0.25, 0.3) is 0 Å². The first kappa shape index (κ1) is 13.9. The number of imidazole rings is 1. The molecular weight excluding hydrogens is 256 g/mol.